The minimum absolute atomic E-state index is 0.0341. The molecule has 0 heterocycles. The van der Waals surface area contributed by atoms with Crippen LogP contribution in [0.1, 0.15) is 40.5 Å². The lowest BCUT2D eigenvalue weighted by atomic mass is 10.1. The maximum atomic E-state index is 12.0. The average Bonchev–Trinajstić information content (AvgIpc) is 2.13. The second kappa shape index (κ2) is 7.92. The van der Waals surface area contributed by atoms with E-state index in [1.54, 1.807) is 13.8 Å². The lowest BCUT2D eigenvalue weighted by molar-refractivity contribution is -0.147. The van der Waals surface area contributed by atoms with Crippen LogP contribution in [0.15, 0.2) is 0 Å². The molecule has 0 aromatic carbocycles. The number of carbonyl (C=O) groups excluding carboxylic acids is 1. The molecule has 108 valence electrons. The Morgan fingerprint density at radius 3 is 2.17 bits per heavy atom. The second-order valence-electron chi connectivity index (χ2n) is 4.74. The average molecular weight is 286 g/mol. The molecule has 6 heteroatoms. The van der Waals surface area contributed by atoms with Crippen LogP contribution >= 0.6 is 11.8 Å². The van der Waals surface area contributed by atoms with E-state index in [-0.39, 0.29) is 29.7 Å². The number of carbonyl (C=O) groups is 1. The molecular formula is C12H21F3O2S. The van der Waals surface area contributed by atoms with Crippen LogP contribution < -0.4 is 0 Å². The van der Waals surface area contributed by atoms with Gasteiger partial charge in [-0.25, -0.2) is 0 Å². The largest absolute Gasteiger partial charge is 0.462 e. The zero-order valence-corrected chi connectivity index (χ0v) is 12.0. The van der Waals surface area contributed by atoms with Crippen LogP contribution in [-0.4, -0.2) is 29.3 Å². The van der Waals surface area contributed by atoms with Gasteiger partial charge in [0, 0.05) is 6.42 Å². The number of thioether (sulfide) groups is 1. The van der Waals surface area contributed by atoms with E-state index in [1.165, 1.54) is 11.8 Å². The van der Waals surface area contributed by atoms with Crippen LogP contribution in [0.4, 0.5) is 13.2 Å². The molecule has 0 spiro atoms. The van der Waals surface area contributed by atoms with Gasteiger partial charge in [-0.15, -0.1) is 11.8 Å². The number of halogens is 3. The van der Waals surface area contributed by atoms with Gasteiger partial charge in [0.15, 0.2) is 0 Å². The van der Waals surface area contributed by atoms with Gasteiger partial charge in [-0.1, -0.05) is 13.8 Å². The molecule has 0 aliphatic carbocycles. The summed E-state index contributed by atoms with van der Waals surface area (Å²) in [5.74, 6) is 0.0272. The summed E-state index contributed by atoms with van der Waals surface area (Å²) in [7, 11) is 0. The van der Waals surface area contributed by atoms with Crippen LogP contribution in [0, 0.1) is 5.92 Å². The summed E-state index contributed by atoms with van der Waals surface area (Å²) in [4.78, 5) is 11.7. The first-order valence-electron chi connectivity index (χ1n) is 6.02. The smallest absolute Gasteiger partial charge is 0.389 e. The summed E-state index contributed by atoms with van der Waals surface area (Å²) >= 11 is 1.25. The quantitative estimate of drug-likeness (QED) is 0.522. The third kappa shape index (κ3) is 8.66. The normalized spacial score (nSPS) is 14.1. The van der Waals surface area contributed by atoms with E-state index in [0.717, 1.165) is 0 Å². The van der Waals surface area contributed by atoms with Gasteiger partial charge in [-0.05, 0) is 31.9 Å². The topological polar surface area (TPSA) is 26.3 Å². The lowest BCUT2D eigenvalue weighted by Crippen LogP contribution is -2.28. The molecule has 0 rings (SSSR count). The van der Waals surface area contributed by atoms with Gasteiger partial charge in [0.25, 0.3) is 0 Å². The highest BCUT2D eigenvalue weighted by atomic mass is 32.2. The monoisotopic (exact) mass is 286 g/mol. The standard InChI is InChI=1S/C12H21F3O2S/c1-8(2)10(11(16)17-9(3)4)18-7-5-6-12(13,14)15/h8-10H,5-7H2,1-4H3. The first kappa shape index (κ1) is 17.6. The van der Waals surface area contributed by atoms with Crippen LogP contribution in [0.25, 0.3) is 0 Å². The van der Waals surface area contributed by atoms with Crippen LogP contribution in [0.5, 0.6) is 0 Å². The summed E-state index contributed by atoms with van der Waals surface area (Å²) in [6, 6.07) is 0. The second-order valence-corrected chi connectivity index (χ2v) is 5.99. The first-order valence-corrected chi connectivity index (χ1v) is 7.07. The van der Waals surface area contributed by atoms with E-state index in [0.29, 0.717) is 5.75 Å². The minimum atomic E-state index is -4.12. The van der Waals surface area contributed by atoms with Gasteiger partial charge in [-0.2, -0.15) is 13.2 Å². The minimum Gasteiger partial charge on any atom is -0.462 e. The first-order chi connectivity index (χ1) is 8.13. The van der Waals surface area contributed by atoms with Crippen LogP contribution in [-0.2, 0) is 9.53 Å². The highest BCUT2D eigenvalue weighted by molar-refractivity contribution is 8.00. The van der Waals surface area contributed by atoms with Gasteiger partial charge >= 0.3 is 12.1 Å². The molecule has 0 saturated heterocycles. The van der Waals surface area contributed by atoms with Crippen LogP contribution in [0.2, 0.25) is 0 Å². The van der Waals surface area contributed by atoms with Gasteiger partial charge in [0.05, 0.1) is 6.10 Å². The molecular weight excluding hydrogens is 265 g/mol. The lowest BCUT2D eigenvalue weighted by Gasteiger charge is -2.20. The Kier molecular flexibility index (Phi) is 7.75. The molecule has 0 aliphatic rings. The third-order valence-electron chi connectivity index (χ3n) is 2.09. The zero-order valence-electron chi connectivity index (χ0n) is 11.2. The van der Waals surface area contributed by atoms with E-state index >= 15 is 0 Å². The van der Waals surface area contributed by atoms with E-state index < -0.39 is 12.6 Å². The Hall–Kier alpha value is -0.390. The fourth-order valence-corrected chi connectivity index (χ4v) is 2.46. The highest BCUT2D eigenvalue weighted by Gasteiger charge is 2.28. The molecule has 0 radical (unpaired) electrons. The number of rotatable bonds is 7. The molecule has 0 saturated carbocycles. The molecule has 2 nitrogen and oxygen atoms in total. The van der Waals surface area contributed by atoms with E-state index in [2.05, 4.69) is 0 Å². The number of hydrogen-bond acceptors (Lipinski definition) is 3. The van der Waals surface area contributed by atoms with Gasteiger partial charge in [-0.3, -0.25) is 4.79 Å². The Morgan fingerprint density at radius 2 is 1.78 bits per heavy atom. The number of alkyl halides is 3. The summed E-state index contributed by atoms with van der Waals surface area (Å²) in [6.07, 6.45) is -5.09. The molecule has 1 unspecified atom stereocenters. The fraction of sp³-hybridized carbons (Fsp3) is 0.917. The van der Waals surface area contributed by atoms with Crippen LogP contribution in [0.3, 0.4) is 0 Å². The molecule has 18 heavy (non-hydrogen) atoms. The summed E-state index contributed by atoms with van der Waals surface area (Å²) in [6.45, 7) is 7.24. The van der Waals surface area contributed by atoms with E-state index in [9.17, 15) is 18.0 Å². The fourth-order valence-electron chi connectivity index (χ4n) is 1.31. The molecule has 1 atom stereocenters. The Labute approximate surface area is 111 Å². The van der Waals surface area contributed by atoms with Crippen molar-refractivity contribution in [3.63, 3.8) is 0 Å². The number of ether oxygens (including phenoxy) is 1. The predicted octanol–water partition coefficient (Wildman–Crippen LogP) is 4.04. The molecule has 0 aromatic heterocycles. The summed E-state index contributed by atoms with van der Waals surface area (Å²) in [5, 5.41) is -0.388. The maximum Gasteiger partial charge on any atom is 0.389 e. The highest BCUT2D eigenvalue weighted by Crippen LogP contribution is 2.26. The number of esters is 1. The Bertz CT molecular complexity index is 252. The molecule has 0 fully saturated rings. The van der Waals surface area contributed by atoms with Crippen molar-refractivity contribution in [2.45, 2.75) is 58.1 Å². The van der Waals surface area contributed by atoms with Crippen molar-refractivity contribution in [1.29, 1.82) is 0 Å². The third-order valence-corrected chi connectivity index (χ3v) is 3.71. The maximum absolute atomic E-state index is 12.0. The van der Waals surface area contributed by atoms with Gasteiger partial charge in [0.2, 0.25) is 0 Å². The molecule has 0 bridgehead atoms. The SMILES string of the molecule is CC(C)OC(=O)C(SCCCC(F)(F)F)C(C)C. The Balaban J connectivity index is 4.10. The molecule has 0 N–H and O–H groups in total. The van der Waals surface area contributed by atoms with E-state index in [1.807, 2.05) is 13.8 Å². The molecule has 0 aliphatic heterocycles. The van der Waals surface area contributed by atoms with E-state index in [4.69, 9.17) is 4.74 Å². The van der Waals surface area contributed by atoms with Gasteiger partial charge < -0.3 is 4.74 Å². The van der Waals surface area contributed by atoms with Crippen molar-refractivity contribution < 1.29 is 22.7 Å². The molecule has 0 amide bonds. The molecule has 0 aromatic rings. The zero-order chi connectivity index (χ0) is 14.3. The van der Waals surface area contributed by atoms with Crippen molar-refractivity contribution in [3.8, 4) is 0 Å². The summed E-state index contributed by atoms with van der Waals surface area (Å²) in [5.41, 5.74) is 0. The van der Waals surface area contributed by atoms with Crippen molar-refractivity contribution >= 4 is 17.7 Å². The van der Waals surface area contributed by atoms with Crippen molar-refractivity contribution in [2.24, 2.45) is 5.92 Å². The summed E-state index contributed by atoms with van der Waals surface area (Å²) < 4.78 is 41.0. The van der Waals surface area contributed by atoms with Crippen molar-refractivity contribution in [1.82, 2.24) is 0 Å². The van der Waals surface area contributed by atoms with Crippen molar-refractivity contribution in [3.05, 3.63) is 0 Å². The van der Waals surface area contributed by atoms with Gasteiger partial charge in [0.1, 0.15) is 5.25 Å². The van der Waals surface area contributed by atoms with Crippen molar-refractivity contribution in [2.75, 3.05) is 5.75 Å². The predicted molar refractivity (Wildman–Crippen MR) is 67.6 cm³/mol. The number of hydrogen-bond donors (Lipinski definition) is 0. The Morgan fingerprint density at radius 1 is 1.22 bits per heavy atom.